The summed E-state index contributed by atoms with van der Waals surface area (Å²) in [6.45, 7) is 14.2. The zero-order chi connectivity index (χ0) is 41.2. The van der Waals surface area contributed by atoms with Crippen LogP contribution in [0.2, 0.25) is 0 Å². The first-order valence-corrected chi connectivity index (χ1v) is 15.7. The molecule has 2 radical (unpaired) electrons. The molecule has 4 aromatic carbocycles. The van der Waals surface area contributed by atoms with Crippen molar-refractivity contribution < 1.29 is 104 Å². The Morgan fingerprint density at radius 2 is 0.912 bits per heavy atom. The number of nitrogens with one attached hydrogen (secondary N) is 6. The Hall–Kier alpha value is -5.37. The number of anilines is 6. The molecule has 6 N–H and O–H groups in total. The summed E-state index contributed by atoms with van der Waals surface area (Å²) >= 11 is 0. The summed E-state index contributed by atoms with van der Waals surface area (Å²) in [5.74, 6) is 2.42. The summed E-state index contributed by atoms with van der Waals surface area (Å²) in [5, 5.41) is 14.7. The van der Waals surface area contributed by atoms with Crippen molar-refractivity contribution in [2.24, 2.45) is 9.98 Å². The minimum atomic E-state index is -0.551. The molecule has 4 rings (SSSR count). The molecule has 0 aliphatic heterocycles. The third kappa shape index (κ3) is 20.9. The van der Waals surface area contributed by atoms with E-state index in [0.29, 0.717) is 34.1 Å². The van der Waals surface area contributed by atoms with Crippen LogP contribution < -0.4 is 31.9 Å². The van der Waals surface area contributed by atoms with E-state index in [-0.39, 0.29) is 65.4 Å². The second kappa shape index (κ2) is 30.8. The summed E-state index contributed by atoms with van der Waals surface area (Å²) in [7, 11) is 2.57. The van der Waals surface area contributed by atoms with Crippen LogP contribution in [0, 0.1) is 27.7 Å². The zero-order valence-electron chi connectivity index (χ0n) is 32.2. The van der Waals surface area contributed by atoms with E-state index in [2.05, 4.69) is 70.5 Å². The molecule has 0 aliphatic carbocycles. The molecular weight excluding hydrogens is 886 g/mol. The SMILES string of the molecule is C=C=Nc1ccc(C)c(N[C-]=O)c1.C=Nc1ccc(C)c(N[C-]=O)c1.COC(=O)Nc1cc(N[C-]=O)ccc1C.COC(=O)Nc1cc(N[C-]=O)ccc1C.[Y].[Y]. The molecule has 0 aliphatic rings. The van der Waals surface area contributed by atoms with E-state index in [1.165, 1.54) is 14.2 Å². The Kier molecular flexibility index (Phi) is 29.0. The molecule has 294 valence electrons. The molecule has 0 saturated heterocycles. The topological polar surface area (TPSA) is 218 Å². The van der Waals surface area contributed by atoms with Gasteiger partial charge in [-0.2, -0.15) is 0 Å². The number of hydrogen-bond acceptors (Lipinski definition) is 10. The van der Waals surface area contributed by atoms with Gasteiger partial charge in [-0.25, -0.2) is 14.6 Å². The van der Waals surface area contributed by atoms with Crippen LogP contribution in [0.25, 0.3) is 0 Å². The fourth-order valence-electron chi connectivity index (χ4n) is 3.97. The average Bonchev–Trinajstić information content (AvgIpc) is 3.17. The standard InChI is InChI=1S/2C10H11N2O3.C10H9N2O.C9H9N2O.2Y/c2*1-7-3-4-8(11-6-13)5-9(7)12-10(14)15-2;1-3-11-9-5-4-8(2)10(6-9)12-7-13;1-7-3-4-8(10-2)5-9(7)11-6-12;;/h2*3-5H,1-2H3,(H,11,13)(H,12,14);4-6H,1H2,2H3,(H,12,13);3-5H,2H2,1H3,(H,11,12);;/q4*-1;;. The molecule has 18 heteroatoms. The smallest absolute Gasteiger partial charge is 0.411 e. The van der Waals surface area contributed by atoms with Crippen molar-refractivity contribution in [3.8, 4) is 0 Å². The van der Waals surface area contributed by atoms with Gasteiger partial charge in [0.25, 0.3) is 0 Å². The summed E-state index contributed by atoms with van der Waals surface area (Å²) in [6, 6.07) is 21.1. The van der Waals surface area contributed by atoms with Crippen molar-refractivity contribution in [3.05, 3.63) is 102 Å². The fraction of sp³-hybridized carbons (Fsp3) is 0.154. The van der Waals surface area contributed by atoms with Crippen LogP contribution in [0.15, 0.2) is 89.4 Å². The van der Waals surface area contributed by atoms with E-state index in [9.17, 15) is 28.8 Å². The molecule has 0 fully saturated rings. The average molecular weight is 927 g/mol. The first kappa shape index (κ1) is 53.7. The van der Waals surface area contributed by atoms with Crippen LogP contribution in [0.5, 0.6) is 0 Å². The van der Waals surface area contributed by atoms with Crippen molar-refractivity contribution in [2.75, 3.05) is 46.1 Å². The molecular formula is C39H40N8O8Y2-4. The minimum absolute atomic E-state index is 0. The first-order valence-electron chi connectivity index (χ1n) is 15.7. The number of carbonyl (C=O) groups excluding carboxylic acids is 6. The number of amides is 6. The van der Waals surface area contributed by atoms with Crippen LogP contribution in [-0.2, 0) is 94.1 Å². The van der Waals surface area contributed by atoms with Gasteiger partial charge < -0.3 is 49.9 Å². The Morgan fingerprint density at radius 1 is 0.561 bits per heavy atom. The van der Waals surface area contributed by atoms with Crippen molar-refractivity contribution in [1.82, 2.24) is 0 Å². The number of rotatable bonds is 12. The van der Waals surface area contributed by atoms with E-state index in [1.54, 1.807) is 74.2 Å². The summed E-state index contributed by atoms with van der Waals surface area (Å²) < 4.78 is 8.92. The van der Waals surface area contributed by atoms with E-state index in [4.69, 9.17) is 0 Å². The molecule has 0 unspecified atom stereocenters. The molecule has 0 heterocycles. The first-order chi connectivity index (χ1) is 26.4. The number of benzene rings is 4. The van der Waals surface area contributed by atoms with Crippen LogP contribution in [-0.4, -0.2) is 64.6 Å². The molecule has 57 heavy (non-hydrogen) atoms. The van der Waals surface area contributed by atoms with Gasteiger partial charge in [-0.15, -0.1) is 46.0 Å². The predicted octanol–water partition coefficient (Wildman–Crippen LogP) is 7.07. The van der Waals surface area contributed by atoms with Crippen LogP contribution in [0.4, 0.5) is 55.1 Å². The van der Waals surface area contributed by atoms with Crippen LogP contribution in [0.1, 0.15) is 22.3 Å². The molecule has 16 nitrogen and oxygen atoms in total. The Morgan fingerprint density at radius 3 is 1.26 bits per heavy atom. The van der Waals surface area contributed by atoms with Gasteiger partial charge in [-0.05, 0) is 56.3 Å². The second-order valence-corrected chi connectivity index (χ2v) is 10.6. The van der Waals surface area contributed by atoms with Crippen LogP contribution in [0.3, 0.4) is 0 Å². The van der Waals surface area contributed by atoms with Crippen molar-refractivity contribution in [3.63, 3.8) is 0 Å². The van der Waals surface area contributed by atoms with Crippen molar-refractivity contribution in [1.29, 1.82) is 0 Å². The maximum absolute atomic E-state index is 11.0. The van der Waals surface area contributed by atoms with E-state index in [1.807, 2.05) is 52.0 Å². The number of carbonyl (C=O) groups is 2. The minimum Gasteiger partial charge on any atom is -0.490 e. The van der Waals surface area contributed by atoms with Gasteiger partial charge in [0.05, 0.1) is 45.5 Å². The van der Waals surface area contributed by atoms with E-state index < -0.39 is 12.2 Å². The van der Waals surface area contributed by atoms with Crippen molar-refractivity contribution >= 4 is 95.9 Å². The molecule has 0 atom stereocenters. The van der Waals surface area contributed by atoms with Crippen molar-refractivity contribution in [2.45, 2.75) is 27.7 Å². The summed E-state index contributed by atoms with van der Waals surface area (Å²) in [5.41, 5.74) is 8.83. The van der Waals surface area contributed by atoms with Gasteiger partial charge in [0.1, 0.15) is 0 Å². The quantitative estimate of drug-likeness (QED) is 0.0490. The number of hydrogen-bond donors (Lipinski definition) is 6. The van der Waals surface area contributed by atoms with Gasteiger partial charge in [0.2, 0.25) is 0 Å². The number of nitrogens with zero attached hydrogens (tertiary/aromatic N) is 2. The summed E-state index contributed by atoms with van der Waals surface area (Å²) in [4.78, 5) is 69.9. The monoisotopic (exact) mass is 926 g/mol. The van der Waals surface area contributed by atoms with Gasteiger partial charge in [0, 0.05) is 82.5 Å². The van der Waals surface area contributed by atoms with Crippen LogP contribution >= 0.6 is 0 Å². The largest absolute Gasteiger partial charge is 0.490 e. The van der Waals surface area contributed by atoms with Gasteiger partial charge >= 0.3 is 12.2 Å². The maximum atomic E-state index is 11.0. The second-order valence-electron chi connectivity index (χ2n) is 10.6. The third-order valence-electron chi connectivity index (χ3n) is 6.91. The Bertz CT molecular complexity index is 1930. The van der Waals surface area contributed by atoms with Gasteiger partial charge in [0.15, 0.2) is 0 Å². The molecule has 0 aromatic heterocycles. The summed E-state index contributed by atoms with van der Waals surface area (Å²) in [6.07, 6.45) is 5.24. The number of aryl methyl sites for hydroxylation is 4. The number of ether oxygens (including phenoxy) is 2. The molecule has 4 aromatic rings. The molecule has 6 amide bonds. The van der Waals surface area contributed by atoms with Gasteiger partial charge in [-0.3, -0.25) is 15.6 Å². The Labute approximate surface area is 381 Å². The maximum Gasteiger partial charge on any atom is 0.411 e. The zero-order valence-corrected chi connectivity index (χ0v) is 37.8. The fourth-order valence-corrected chi connectivity index (χ4v) is 3.97. The van der Waals surface area contributed by atoms with Gasteiger partial charge in [-0.1, -0.05) is 62.4 Å². The molecule has 0 spiro atoms. The normalized spacial score (nSPS) is 8.74. The molecule has 0 saturated carbocycles. The number of methoxy groups -OCH3 is 2. The van der Waals surface area contributed by atoms with E-state index in [0.717, 1.165) is 33.6 Å². The van der Waals surface area contributed by atoms with E-state index >= 15 is 0 Å². The number of aliphatic imine (C=N–C) groups is 2. The Balaban J connectivity index is 0. The molecule has 0 bridgehead atoms. The third-order valence-corrected chi connectivity index (χ3v) is 6.91. The predicted molar refractivity (Wildman–Crippen MR) is 216 cm³/mol.